The van der Waals surface area contributed by atoms with E-state index in [0.717, 1.165) is 10.5 Å². The lowest BCUT2D eigenvalue weighted by atomic mass is 10.1. The van der Waals surface area contributed by atoms with Crippen molar-refractivity contribution in [3.63, 3.8) is 0 Å². The third-order valence-electron chi connectivity index (χ3n) is 1.65. The van der Waals surface area contributed by atoms with Crippen LogP contribution in [0.3, 0.4) is 0 Å². The van der Waals surface area contributed by atoms with Gasteiger partial charge in [0.1, 0.15) is 6.10 Å². The first-order valence-electron chi connectivity index (χ1n) is 3.69. The van der Waals surface area contributed by atoms with E-state index in [4.69, 9.17) is 0 Å². The van der Waals surface area contributed by atoms with Crippen molar-refractivity contribution < 1.29 is 5.11 Å². The summed E-state index contributed by atoms with van der Waals surface area (Å²) in [6, 6.07) is 7.44. The van der Waals surface area contributed by atoms with Gasteiger partial charge < -0.3 is 0 Å². The Kier molecular flexibility index (Phi) is 2.97. The first kappa shape index (κ1) is 8.62. The molecule has 0 saturated carbocycles. The molecule has 11 heavy (non-hydrogen) atoms. The molecular weight excluding hydrogens is 156 g/mol. The van der Waals surface area contributed by atoms with Crippen LogP contribution in [0.25, 0.3) is 0 Å². The SMILES string of the molecule is CCC([O])c1ccccc1S. The number of thiol groups is 1. The average Bonchev–Trinajstić information content (AvgIpc) is 2.04. The zero-order valence-electron chi connectivity index (χ0n) is 6.45. The molecular formula is C9H11OS. The summed E-state index contributed by atoms with van der Waals surface area (Å²) >= 11 is 4.19. The van der Waals surface area contributed by atoms with Crippen LogP contribution in [0.4, 0.5) is 0 Å². The molecule has 0 bridgehead atoms. The molecule has 0 spiro atoms. The largest absolute Gasteiger partial charge is 0.228 e. The second-order valence-corrected chi connectivity index (χ2v) is 2.94. The Morgan fingerprint density at radius 2 is 2.09 bits per heavy atom. The Bertz CT molecular complexity index is 235. The molecule has 0 aromatic heterocycles. The summed E-state index contributed by atoms with van der Waals surface area (Å²) in [5.41, 5.74) is 0.804. The van der Waals surface area contributed by atoms with E-state index in [1.54, 1.807) is 0 Å². The standard InChI is InChI=1S/C9H11OS/c1-2-8(10)7-5-3-4-6-9(7)11/h3-6,8,11H,2H2,1H3. The minimum atomic E-state index is -0.622. The Morgan fingerprint density at radius 1 is 1.45 bits per heavy atom. The van der Waals surface area contributed by atoms with Crippen molar-refractivity contribution in [1.82, 2.24) is 0 Å². The van der Waals surface area contributed by atoms with Gasteiger partial charge in [-0.2, -0.15) is 0 Å². The molecule has 59 valence electrons. The van der Waals surface area contributed by atoms with E-state index in [2.05, 4.69) is 12.6 Å². The van der Waals surface area contributed by atoms with Gasteiger partial charge in [0.25, 0.3) is 0 Å². The molecule has 1 rings (SSSR count). The molecule has 1 aromatic carbocycles. The van der Waals surface area contributed by atoms with E-state index in [0.29, 0.717) is 6.42 Å². The lowest BCUT2D eigenvalue weighted by molar-refractivity contribution is 0.0835. The number of benzene rings is 1. The molecule has 1 radical (unpaired) electrons. The van der Waals surface area contributed by atoms with E-state index >= 15 is 0 Å². The van der Waals surface area contributed by atoms with Crippen molar-refractivity contribution in [2.75, 3.05) is 0 Å². The van der Waals surface area contributed by atoms with E-state index in [-0.39, 0.29) is 0 Å². The molecule has 1 atom stereocenters. The van der Waals surface area contributed by atoms with Gasteiger partial charge in [0.2, 0.25) is 0 Å². The lowest BCUT2D eigenvalue weighted by Crippen LogP contribution is -1.93. The minimum absolute atomic E-state index is 0.622. The maximum atomic E-state index is 11.3. The molecule has 0 N–H and O–H groups in total. The Morgan fingerprint density at radius 3 is 2.64 bits per heavy atom. The van der Waals surface area contributed by atoms with Crippen molar-refractivity contribution in [2.24, 2.45) is 0 Å². The summed E-state index contributed by atoms with van der Waals surface area (Å²) in [6.07, 6.45) is 0.00102. The van der Waals surface area contributed by atoms with Gasteiger partial charge >= 0.3 is 0 Å². The zero-order chi connectivity index (χ0) is 8.27. The molecule has 0 saturated heterocycles. The lowest BCUT2D eigenvalue weighted by Gasteiger charge is -2.07. The second kappa shape index (κ2) is 3.79. The average molecular weight is 167 g/mol. The highest BCUT2D eigenvalue weighted by Crippen LogP contribution is 2.23. The third-order valence-corrected chi connectivity index (χ3v) is 2.06. The van der Waals surface area contributed by atoms with Crippen molar-refractivity contribution in [3.05, 3.63) is 29.8 Å². The van der Waals surface area contributed by atoms with Crippen LogP contribution >= 0.6 is 12.6 Å². The van der Waals surface area contributed by atoms with Gasteiger partial charge in [0, 0.05) is 4.90 Å². The normalized spacial score (nSPS) is 13.0. The quantitative estimate of drug-likeness (QED) is 0.653. The van der Waals surface area contributed by atoms with Crippen molar-refractivity contribution in [3.8, 4) is 0 Å². The molecule has 0 amide bonds. The monoisotopic (exact) mass is 167 g/mol. The van der Waals surface area contributed by atoms with Gasteiger partial charge in [-0.25, -0.2) is 5.11 Å². The molecule has 2 heteroatoms. The maximum Gasteiger partial charge on any atom is 0.119 e. The topological polar surface area (TPSA) is 19.9 Å². The van der Waals surface area contributed by atoms with Crippen LogP contribution in [0.2, 0.25) is 0 Å². The van der Waals surface area contributed by atoms with Crippen LogP contribution in [0.5, 0.6) is 0 Å². The van der Waals surface area contributed by atoms with Crippen molar-refractivity contribution >= 4 is 12.6 Å². The van der Waals surface area contributed by atoms with Gasteiger partial charge in [-0.3, -0.25) is 0 Å². The highest BCUT2D eigenvalue weighted by molar-refractivity contribution is 7.80. The van der Waals surface area contributed by atoms with Crippen LogP contribution in [-0.2, 0) is 5.11 Å². The van der Waals surface area contributed by atoms with Crippen LogP contribution in [0, 0.1) is 0 Å². The van der Waals surface area contributed by atoms with Crippen LogP contribution in [0.1, 0.15) is 25.0 Å². The first-order valence-corrected chi connectivity index (χ1v) is 4.14. The third kappa shape index (κ3) is 1.98. The molecule has 0 heterocycles. The summed E-state index contributed by atoms with van der Waals surface area (Å²) in [7, 11) is 0. The van der Waals surface area contributed by atoms with E-state index in [1.807, 2.05) is 31.2 Å². The minimum Gasteiger partial charge on any atom is -0.228 e. The van der Waals surface area contributed by atoms with Crippen molar-refractivity contribution in [2.45, 2.75) is 24.3 Å². The second-order valence-electron chi connectivity index (χ2n) is 2.46. The zero-order valence-corrected chi connectivity index (χ0v) is 7.34. The van der Waals surface area contributed by atoms with Gasteiger partial charge in [0.05, 0.1) is 0 Å². The summed E-state index contributed by atoms with van der Waals surface area (Å²) in [5.74, 6) is 0. The molecule has 1 unspecified atom stereocenters. The predicted molar refractivity (Wildman–Crippen MR) is 47.4 cm³/mol. The van der Waals surface area contributed by atoms with Crippen LogP contribution < -0.4 is 0 Å². The number of hydrogen-bond donors (Lipinski definition) is 1. The Balaban J connectivity index is 2.93. The summed E-state index contributed by atoms with van der Waals surface area (Å²) in [6.45, 7) is 1.89. The van der Waals surface area contributed by atoms with E-state index < -0.39 is 6.10 Å². The van der Waals surface area contributed by atoms with Gasteiger partial charge in [-0.1, -0.05) is 25.1 Å². The van der Waals surface area contributed by atoms with E-state index in [1.165, 1.54) is 0 Å². The van der Waals surface area contributed by atoms with Gasteiger partial charge in [0.15, 0.2) is 0 Å². The molecule has 1 nitrogen and oxygen atoms in total. The summed E-state index contributed by atoms with van der Waals surface area (Å²) in [4.78, 5) is 0.800. The Hall–Kier alpha value is -0.470. The van der Waals surface area contributed by atoms with E-state index in [9.17, 15) is 5.11 Å². The summed E-state index contributed by atoms with van der Waals surface area (Å²) in [5, 5.41) is 11.3. The van der Waals surface area contributed by atoms with Crippen LogP contribution in [0.15, 0.2) is 29.2 Å². The predicted octanol–water partition coefficient (Wildman–Crippen LogP) is 2.86. The number of rotatable bonds is 2. The highest BCUT2D eigenvalue weighted by Gasteiger charge is 2.08. The molecule has 0 aliphatic heterocycles. The number of hydrogen-bond acceptors (Lipinski definition) is 1. The molecule has 0 aliphatic rings. The Labute approximate surface area is 72.5 Å². The fourth-order valence-corrected chi connectivity index (χ4v) is 1.28. The molecule has 0 aliphatic carbocycles. The maximum absolute atomic E-state index is 11.3. The van der Waals surface area contributed by atoms with Crippen molar-refractivity contribution in [1.29, 1.82) is 0 Å². The van der Waals surface area contributed by atoms with Gasteiger partial charge in [-0.05, 0) is 18.1 Å². The fraction of sp³-hybridized carbons (Fsp3) is 0.333. The first-order chi connectivity index (χ1) is 5.25. The fourth-order valence-electron chi connectivity index (χ4n) is 0.980. The molecule has 1 aromatic rings. The summed E-state index contributed by atoms with van der Waals surface area (Å²) < 4.78 is 0. The smallest absolute Gasteiger partial charge is 0.119 e. The van der Waals surface area contributed by atoms with Gasteiger partial charge in [-0.15, -0.1) is 12.6 Å². The highest BCUT2D eigenvalue weighted by atomic mass is 32.1. The molecule has 0 fully saturated rings. The van der Waals surface area contributed by atoms with Crippen LogP contribution in [-0.4, -0.2) is 0 Å².